The van der Waals surface area contributed by atoms with E-state index in [1.807, 2.05) is 31.4 Å². The number of aromatic nitrogens is 3. The van der Waals surface area contributed by atoms with Crippen LogP contribution < -0.4 is 10.6 Å². The largest absolute Gasteiger partial charge is 0.461 e. The number of para-hydroxylation sites is 1. The maximum Gasteiger partial charge on any atom is 0.253 e. The summed E-state index contributed by atoms with van der Waals surface area (Å²) in [6.45, 7) is 7.24. The van der Waals surface area contributed by atoms with Crippen molar-refractivity contribution in [3.63, 3.8) is 0 Å². The fourth-order valence-corrected chi connectivity index (χ4v) is 3.57. The second-order valence-electron chi connectivity index (χ2n) is 7.01. The Labute approximate surface area is 179 Å². The Morgan fingerprint density at radius 1 is 1.17 bits per heavy atom. The molecule has 0 spiro atoms. The van der Waals surface area contributed by atoms with Gasteiger partial charge in [0.25, 0.3) is 5.91 Å². The first-order valence-electron chi connectivity index (χ1n) is 9.76. The lowest BCUT2D eigenvalue weighted by Gasteiger charge is -2.12. The second-order valence-corrected chi connectivity index (χ2v) is 7.96. The quantitative estimate of drug-likeness (QED) is 0.505. The number of hydrogen-bond donors (Lipinski definition) is 2. The van der Waals surface area contributed by atoms with Crippen LogP contribution in [0.1, 0.15) is 31.1 Å². The zero-order valence-corrected chi connectivity index (χ0v) is 18.0. The summed E-state index contributed by atoms with van der Waals surface area (Å²) in [7, 11) is 0. The minimum absolute atomic E-state index is 0.137. The number of furan rings is 1. The number of hydrogen-bond acceptors (Lipinski definition) is 6. The molecule has 3 aromatic rings. The van der Waals surface area contributed by atoms with E-state index in [0.29, 0.717) is 47.0 Å². The Morgan fingerprint density at radius 2 is 1.97 bits per heavy atom. The van der Waals surface area contributed by atoms with Crippen LogP contribution >= 0.6 is 11.8 Å². The SMILES string of the molecule is CCn1c(SCC(=O)Nc2ccccc2C(=O)NCC(C)C)nnc1-c1ccco1. The number of amides is 2. The molecule has 3 rings (SSSR count). The molecule has 0 atom stereocenters. The third kappa shape index (κ3) is 5.29. The van der Waals surface area contributed by atoms with Gasteiger partial charge in [0.2, 0.25) is 5.91 Å². The van der Waals surface area contributed by atoms with Crippen LogP contribution in [0, 0.1) is 5.92 Å². The molecule has 0 aliphatic carbocycles. The standard InChI is InChI=1S/C21H25N5O3S/c1-4-26-19(17-10-7-11-29-17)24-25-21(26)30-13-18(27)23-16-9-6-5-8-15(16)20(28)22-12-14(2)3/h5-11,14H,4,12-13H2,1-3H3,(H,22,28)(H,23,27). The Hall–Kier alpha value is -3.07. The number of benzene rings is 1. The summed E-state index contributed by atoms with van der Waals surface area (Å²) in [5.41, 5.74) is 0.922. The molecule has 158 valence electrons. The van der Waals surface area contributed by atoms with Crippen LogP contribution in [0.25, 0.3) is 11.6 Å². The monoisotopic (exact) mass is 427 g/mol. The maximum absolute atomic E-state index is 12.5. The van der Waals surface area contributed by atoms with Crippen molar-refractivity contribution in [1.29, 1.82) is 0 Å². The van der Waals surface area contributed by atoms with Gasteiger partial charge >= 0.3 is 0 Å². The third-order valence-corrected chi connectivity index (χ3v) is 5.19. The molecule has 2 amide bonds. The van der Waals surface area contributed by atoms with Crippen LogP contribution in [0.5, 0.6) is 0 Å². The van der Waals surface area contributed by atoms with Crippen LogP contribution in [-0.2, 0) is 11.3 Å². The highest BCUT2D eigenvalue weighted by atomic mass is 32.2. The van der Waals surface area contributed by atoms with E-state index in [1.165, 1.54) is 11.8 Å². The number of thioether (sulfide) groups is 1. The van der Waals surface area contributed by atoms with Gasteiger partial charge in [-0.2, -0.15) is 0 Å². The zero-order chi connectivity index (χ0) is 21.5. The van der Waals surface area contributed by atoms with Crippen molar-refractivity contribution in [2.24, 2.45) is 5.92 Å². The Morgan fingerprint density at radius 3 is 2.67 bits per heavy atom. The van der Waals surface area contributed by atoms with Crippen LogP contribution in [0.2, 0.25) is 0 Å². The first-order chi connectivity index (χ1) is 14.5. The fourth-order valence-electron chi connectivity index (χ4n) is 2.77. The van der Waals surface area contributed by atoms with Gasteiger partial charge in [0.1, 0.15) is 0 Å². The molecule has 2 aromatic heterocycles. The number of rotatable bonds is 9. The first kappa shape index (κ1) is 21.6. The van der Waals surface area contributed by atoms with E-state index < -0.39 is 0 Å². The number of carbonyl (C=O) groups excluding carboxylic acids is 2. The van der Waals surface area contributed by atoms with Crippen LogP contribution in [0.4, 0.5) is 5.69 Å². The molecule has 0 saturated carbocycles. The van der Waals surface area contributed by atoms with E-state index in [1.54, 1.807) is 36.6 Å². The molecule has 0 aliphatic heterocycles. The lowest BCUT2D eigenvalue weighted by atomic mass is 10.1. The van der Waals surface area contributed by atoms with E-state index in [0.717, 1.165) is 0 Å². The third-order valence-electron chi connectivity index (χ3n) is 4.22. The molecular weight excluding hydrogens is 402 g/mol. The van der Waals surface area contributed by atoms with Gasteiger partial charge in [0, 0.05) is 13.1 Å². The summed E-state index contributed by atoms with van der Waals surface area (Å²) in [6.07, 6.45) is 1.58. The molecule has 0 saturated heterocycles. The Bertz CT molecular complexity index is 998. The summed E-state index contributed by atoms with van der Waals surface area (Å²) in [5, 5.41) is 14.7. The van der Waals surface area contributed by atoms with Crippen LogP contribution in [-0.4, -0.2) is 38.9 Å². The highest BCUT2D eigenvalue weighted by molar-refractivity contribution is 7.99. The van der Waals surface area contributed by atoms with Crippen molar-refractivity contribution in [1.82, 2.24) is 20.1 Å². The Balaban J connectivity index is 1.64. The average molecular weight is 428 g/mol. The van der Waals surface area contributed by atoms with Gasteiger partial charge in [-0.15, -0.1) is 10.2 Å². The van der Waals surface area contributed by atoms with Gasteiger partial charge in [-0.25, -0.2) is 0 Å². The van der Waals surface area contributed by atoms with Gasteiger partial charge in [0.15, 0.2) is 16.7 Å². The smallest absolute Gasteiger partial charge is 0.253 e. The average Bonchev–Trinajstić information content (AvgIpc) is 3.40. The summed E-state index contributed by atoms with van der Waals surface area (Å²) in [5.74, 6) is 1.29. The highest BCUT2D eigenvalue weighted by Gasteiger charge is 2.17. The molecule has 8 nitrogen and oxygen atoms in total. The molecule has 0 fully saturated rings. The van der Waals surface area contributed by atoms with Crippen LogP contribution in [0.3, 0.4) is 0 Å². The molecule has 30 heavy (non-hydrogen) atoms. The van der Waals surface area contributed by atoms with Crippen molar-refractivity contribution < 1.29 is 14.0 Å². The van der Waals surface area contributed by atoms with E-state index in [-0.39, 0.29) is 17.6 Å². The molecule has 9 heteroatoms. The van der Waals surface area contributed by atoms with Crippen molar-refractivity contribution in [2.75, 3.05) is 17.6 Å². The summed E-state index contributed by atoms with van der Waals surface area (Å²) >= 11 is 1.28. The Kier molecular flexibility index (Phi) is 7.29. The molecule has 0 aliphatic rings. The lowest BCUT2D eigenvalue weighted by molar-refractivity contribution is -0.113. The van der Waals surface area contributed by atoms with Gasteiger partial charge in [0.05, 0.1) is 23.3 Å². The molecule has 2 heterocycles. The summed E-state index contributed by atoms with van der Waals surface area (Å²) < 4.78 is 7.29. The number of carbonyl (C=O) groups is 2. The summed E-state index contributed by atoms with van der Waals surface area (Å²) in [4.78, 5) is 25.0. The van der Waals surface area contributed by atoms with Crippen molar-refractivity contribution in [3.05, 3.63) is 48.2 Å². The van der Waals surface area contributed by atoms with Crippen molar-refractivity contribution in [2.45, 2.75) is 32.5 Å². The van der Waals surface area contributed by atoms with Gasteiger partial charge in [-0.05, 0) is 37.1 Å². The minimum Gasteiger partial charge on any atom is -0.461 e. The number of nitrogens with zero attached hydrogens (tertiary/aromatic N) is 3. The van der Waals surface area contributed by atoms with E-state index in [4.69, 9.17) is 4.42 Å². The topological polar surface area (TPSA) is 102 Å². The van der Waals surface area contributed by atoms with E-state index in [2.05, 4.69) is 20.8 Å². The van der Waals surface area contributed by atoms with Gasteiger partial charge in [-0.3, -0.25) is 14.2 Å². The second kappa shape index (κ2) is 10.1. The number of anilines is 1. The van der Waals surface area contributed by atoms with Crippen molar-refractivity contribution >= 4 is 29.3 Å². The number of nitrogens with one attached hydrogen (secondary N) is 2. The molecule has 1 aromatic carbocycles. The molecular formula is C21H25N5O3S. The van der Waals surface area contributed by atoms with Gasteiger partial charge in [-0.1, -0.05) is 37.7 Å². The molecule has 0 bridgehead atoms. The van der Waals surface area contributed by atoms with Crippen molar-refractivity contribution in [3.8, 4) is 11.6 Å². The fraction of sp³-hybridized carbons (Fsp3) is 0.333. The van der Waals surface area contributed by atoms with Crippen LogP contribution in [0.15, 0.2) is 52.2 Å². The molecule has 0 unspecified atom stereocenters. The van der Waals surface area contributed by atoms with Gasteiger partial charge < -0.3 is 15.1 Å². The lowest BCUT2D eigenvalue weighted by Crippen LogP contribution is -2.28. The van der Waals surface area contributed by atoms with E-state index >= 15 is 0 Å². The molecule has 2 N–H and O–H groups in total. The predicted octanol–water partition coefficient (Wildman–Crippen LogP) is 3.67. The maximum atomic E-state index is 12.5. The zero-order valence-electron chi connectivity index (χ0n) is 17.2. The predicted molar refractivity (Wildman–Crippen MR) is 116 cm³/mol. The first-order valence-corrected chi connectivity index (χ1v) is 10.7. The molecule has 0 radical (unpaired) electrons. The normalized spacial score (nSPS) is 10.9. The van der Waals surface area contributed by atoms with E-state index in [9.17, 15) is 9.59 Å². The highest BCUT2D eigenvalue weighted by Crippen LogP contribution is 2.24. The summed E-state index contributed by atoms with van der Waals surface area (Å²) in [6, 6.07) is 10.6. The minimum atomic E-state index is -0.227.